The second-order valence-corrected chi connectivity index (χ2v) is 3.66. The lowest BCUT2D eigenvalue weighted by Gasteiger charge is -2.28. The van der Waals surface area contributed by atoms with Crippen LogP contribution in [0.15, 0.2) is 0 Å². The molecule has 0 aliphatic heterocycles. The number of carbonyl (C=O) groups is 1. The maximum Gasteiger partial charge on any atom is 0.407 e. The van der Waals surface area contributed by atoms with Gasteiger partial charge in [-0.15, -0.1) is 0 Å². The minimum atomic E-state index is -0.388. The van der Waals surface area contributed by atoms with E-state index in [1.165, 1.54) is 7.11 Å². The van der Waals surface area contributed by atoms with Gasteiger partial charge in [0, 0.05) is 6.04 Å². The Balaban J connectivity index is 2.28. The molecule has 0 aromatic carbocycles. The van der Waals surface area contributed by atoms with E-state index in [0.29, 0.717) is 12.5 Å². The molecule has 2 atom stereocenters. The molecule has 0 saturated heterocycles. The molecule has 1 aliphatic carbocycles. The highest BCUT2D eigenvalue weighted by molar-refractivity contribution is 5.67. The van der Waals surface area contributed by atoms with Crippen LogP contribution in [0.4, 0.5) is 4.79 Å². The Kier molecular flexibility index (Phi) is 4.69. The first-order valence-electron chi connectivity index (χ1n) is 4.87. The van der Waals surface area contributed by atoms with Gasteiger partial charge in [-0.3, -0.25) is 5.26 Å². The van der Waals surface area contributed by atoms with E-state index in [9.17, 15) is 4.79 Å². The van der Waals surface area contributed by atoms with Crippen LogP contribution in [0.5, 0.6) is 0 Å². The summed E-state index contributed by atoms with van der Waals surface area (Å²) < 4.78 is 4.52. The molecule has 0 radical (unpaired) electrons. The number of rotatable bonds is 3. The molecule has 1 amide bonds. The van der Waals surface area contributed by atoms with Crippen molar-refractivity contribution >= 4 is 6.09 Å². The van der Waals surface area contributed by atoms with Gasteiger partial charge >= 0.3 is 6.09 Å². The molecule has 2 unspecified atom stereocenters. The summed E-state index contributed by atoms with van der Waals surface area (Å²) in [5.41, 5.74) is 0. The predicted molar refractivity (Wildman–Crippen MR) is 49.9 cm³/mol. The van der Waals surface area contributed by atoms with Crippen LogP contribution in [0.25, 0.3) is 0 Å². The molecule has 0 aromatic rings. The number of hydrogen-bond acceptors (Lipinski definition) is 4. The first-order valence-corrected chi connectivity index (χ1v) is 4.87. The highest BCUT2D eigenvalue weighted by atomic mass is 17.1. The maximum atomic E-state index is 10.9. The maximum absolute atomic E-state index is 10.9. The summed E-state index contributed by atoms with van der Waals surface area (Å²) in [7, 11) is 1.35. The molecular weight excluding hydrogens is 186 g/mol. The Morgan fingerprint density at radius 2 is 2.36 bits per heavy atom. The van der Waals surface area contributed by atoms with Crippen molar-refractivity contribution in [1.29, 1.82) is 0 Å². The average molecular weight is 203 g/mol. The number of alkyl carbamates (subject to hydrolysis) is 1. The van der Waals surface area contributed by atoms with E-state index in [1.807, 2.05) is 0 Å². The van der Waals surface area contributed by atoms with E-state index >= 15 is 0 Å². The highest BCUT2D eigenvalue weighted by Gasteiger charge is 2.23. The lowest BCUT2D eigenvalue weighted by Crippen LogP contribution is -2.39. The van der Waals surface area contributed by atoms with Gasteiger partial charge in [0.1, 0.15) is 0 Å². The molecule has 2 N–H and O–H groups in total. The van der Waals surface area contributed by atoms with Crippen LogP contribution in [-0.2, 0) is 9.62 Å². The van der Waals surface area contributed by atoms with E-state index < -0.39 is 0 Å². The van der Waals surface area contributed by atoms with Crippen molar-refractivity contribution < 1.29 is 19.7 Å². The second-order valence-electron chi connectivity index (χ2n) is 3.66. The standard InChI is InChI=1S/C9H17NO4/c1-13-9(11)10-8-4-2-3-7(5-8)6-14-12/h7-8,12H,2-6H2,1H3,(H,10,11). The molecule has 82 valence electrons. The third-order valence-electron chi connectivity index (χ3n) is 2.60. The van der Waals surface area contributed by atoms with Gasteiger partial charge in [-0.05, 0) is 25.2 Å². The van der Waals surface area contributed by atoms with Crippen LogP contribution < -0.4 is 5.32 Å². The average Bonchev–Trinajstić information content (AvgIpc) is 2.19. The summed E-state index contributed by atoms with van der Waals surface area (Å²) >= 11 is 0. The third kappa shape index (κ3) is 3.51. The summed E-state index contributed by atoms with van der Waals surface area (Å²) in [4.78, 5) is 15.0. The molecule has 1 rings (SSSR count). The van der Waals surface area contributed by atoms with Crippen molar-refractivity contribution in [3.05, 3.63) is 0 Å². The van der Waals surface area contributed by atoms with E-state index in [1.54, 1.807) is 0 Å². The number of methoxy groups -OCH3 is 1. The molecule has 0 spiro atoms. The van der Waals surface area contributed by atoms with Crippen molar-refractivity contribution in [3.8, 4) is 0 Å². The molecule has 0 heterocycles. The van der Waals surface area contributed by atoms with Gasteiger partial charge in [-0.25, -0.2) is 9.68 Å². The largest absolute Gasteiger partial charge is 0.453 e. The Bertz CT molecular complexity index is 184. The Labute approximate surface area is 83.3 Å². The summed E-state index contributed by atoms with van der Waals surface area (Å²) in [6.45, 7) is 0.347. The Hall–Kier alpha value is -0.810. The van der Waals surface area contributed by atoms with Gasteiger partial charge in [-0.1, -0.05) is 6.42 Å². The van der Waals surface area contributed by atoms with E-state index in [4.69, 9.17) is 5.26 Å². The zero-order valence-electron chi connectivity index (χ0n) is 8.36. The van der Waals surface area contributed by atoms with E-state index in [-0.39, 0.29) is 12.1 Å². The van der Waals surface area contributed by atoms with Gasteiger partial charge in [0.05, 0.1) is 13.7 Å². The Morgan fingerprint density at radius 1 is 1.57 bits per heavy atom. The van der Waals surface area contributed by atoms with Crippen LogP contribution in [-0.4, -0.2) is 31.1 Å². The molecule has 1 fully saturated rings. The second kappa shape index (κ2) is 5.82. The fourth-order valence-corrected chi connectivity index (χ4v) is 1.90. The van der Waals surface area contributed by atoms with Crippen molar-refractivity contribution in [1.82, 2.24) is 5.32 Å². The SMILES string of the molecule is COC(=O)NC1CCCC(COO)C1. The first-order chi connectivity index (χ1) is 6.76. The lowest BCUT2D eigenvalue weighted by molar-refractivity contribution is -0.252. The van der Waals surface area contributed by atoms with Crippen molar-refractivity contribution in [2.75, 3.05) is 13.7 Å². The topological polar surface area (TPSA) is 67.8 Å². The van der Waals surface area contributed by atoms with Crippen LogP contribution in [0, 0.1) is 5.92 Å². The first kappa shape index (κ1) is 11.3. The molecule has 1 aliphatic rings. The quantitative estimate of drug-likeness (QED) is 0.537. The lowest BCUT2D eigenvalue weighted by atomic mass is 9.86. The summed E-state index contributed by atoms with van der Waals surface area (Å²) in [6.07, 6.45) is 3.51. The van der Waals surface area contributed by atoms with Gasteiger partial charge in [0.2, 0.25) is 0 Å². The minimum absolute atomic E-state index is 0.149. The van der Waals surface area contributed by atoms with Gasteiger partial charge in [0.25, 0.3) is 0 Å². The van der Waals surface area contributed by atoms with Crippen molar-refractivity contribution in [2.45, 2.75) is 31.7 Å². The monoisotopic (exact) mass is 203 g/mol. The zero-order chi connectivity index (χ0) is 10.4. The molecule has 5 heteroatoms. The minimum Gasteiger partial charge on any atom is -0.453 e. The van der Waals surface area contributed by atoms with Crippen molar-refractivity contribution in [2.24, 2.45) is 5.92 Å². The number of ether oxygens (including phenoxy) is 1. The third-order valence-corrected chi connectivity index (χ3v) is 2.60. The fourth-order valence-electron chi connectivity index (χ4n) is 1.90. The fraction of sp³-hybridized carbons (Fsp3) is 0.889. The molecular formula is C9H17NO4. The number of carbonyl (C=O) groups excluding carboxylic acids is 1. The zero-order valence-corrected chi connectivity index (χ0v) is 8.36. The van der Waals surface area contributed by atoms with Gasteiger partial charge in [-0.2, -0.15) is 0 Å². The summed E-state index contributed by atoms with van der Waals surface area (Å²) in [5.74, 6) is 0.330. The normalized spacial score (nSPS) is 27.0. The number of amides is 1. The smallest absolute Gasteiger partial charge is 0.407 e. The number of nitrogens with one attached hydrogen (secondary N) is 1. The molecule has 0 bridgehead atoms. The van der Waals surface area contributed by atoms with E-state index in [0.717, 1.165) is 25.7 Å². The van der Waals surface area contributed by atoms with Crippen LogP contribution >= 0.6 is 0 Å². The van der Waals surface area contributed by atoms with Gasteiger partial charge in [0.15, 0.2) is 0 Å². The van der Waals surface area contributed by atoms with Gasteiger partial charge < -0.3 is 10.1 Å². The van der Waals surface area contributed by atoms with Crippen LogP contribution in [0.2, 0.25) is 0 Å². The van der Waals surface area contributed by atoms with E-state index in [2.05, 4.69) is 14.9 Å². The van der Waals surface area contributed by atoms with Crippen LogP contribution in [0.3, 0.4) is 0 Å². The molecule has 1 saturated carbocycles. The molecule has 0 aromatic heterocycles. The predicted octanol–water partition coefficient (Wildman–Crippen LogP) is 1.39. The summed E-state index contributed by atoms with van der Waals surface area (Å²) in [5, 5.41) is 11.1. The molecule has 5 nitrogen and oxygen atoms in total. The molecule has 14 heavy (non-hydrogen) atoms. The van der Waals surface area contributed by atoms with Crippen molar-refractivity contribution in [3.63, 3.8) is 0 Å². The number of hydrogen-bond donors (Lipinski definition) is 2. The highest BCUT2D eigenvalue weighted by Crippen LogP contribution is 2.24. The summed E-state index contributed by atoms with van der Waals surface area (Å²) in [6, 6.07) is 0.149. The van der Waals surface area contributed by atoms with Crippen LogP contribution in [0.1, 0.15) is 25.7 Å². The Morgan fingerprint density at radius 3 is 3.00 bits per heavy atom.